The summed E-state index contributed by atoms with van der Waals surface area (Å²) >= 11 is 0. The minimum atomic E-state index is 0.638. The predicted molar refractivity (Wildman–Crippen MR) is 150 cm³/mol. The Balaban J connectivity index is 1.62. The molecule has 1 unspecified atom stereocenters. The molecule has 5 aromatic rings. The number of nitriles is 1. The lowest BCUT2D eigenvalue weighted by Crippen LogP contribution is -2.32. The Bertz CT molecular complexity index is 1630. The third-order valence-electron chi connectivity index (χ3n) is 7.25. The first-order valence-electron chi connectivity index (χ1n) is 12.7. The average Bonchev–Trinajstić information content (AvgIpc) is 3.57. The summed E-state index contributed by atoms with van der Waals surface area (Å²) < 4.78 is 2.17. The monoisotopic (exact) mass is 505 g/mol. The molecular weight excluding hydrogens is 477 g/mol. The van der Waals surface area contributed by atoms with E-state index in [1.54, 1.807) is 0 Å². The first kappa shape index (κ1) is 23.4. The Labute approximate surface area is 218 Å². The molecule has 8 heteroatoms. The van der Waals surface area contributed by atoms with E-state index in [-0.39, 0.29) is 0 Å². The van der Waals surface area contributed by atoms with E-state index in [0.717, 1.165) is 64.9 Å². The smallest absolute Gasteiger partial charge is 0.225 e. The van der Waals surface area contributed by atoms with Crippen molar-refractivity contribution in [2.24, 2.45) is 0 Å². The van der Waals surface area contributed by atoms with Gasteiger partial charge in [-0.05, 0) is 36.1 Å². The Morgan fingerprint density at radius 2 is 1.81 bits per heavy atom. The molecule has 1 atom stereocenters. The number of para-hydroxylation sites is 1. The molecule has 184 valence electrons. The number of anilines is 1. The van der Waals surface area contributed by atoms with E-state index in [9.17, 15) is 5.26 Å². The van der Waals surface area contributed by atoms with Gasteiger partial charge in [0, 0.05) is 59.9 Å². The summed E-state index contributed by atoms with van der Waals surface area (Å²) in [5, 5.41) is 17.0. The molecule has 2 aromatic carbocycles. The van der Waals surface area contributed by atoms with Gasteiger partial charge in [0.1, 0.15) is 6.07 Å². The molecule has 6 rings (SSSR count). The maximum absolute atomic E-state index is 9.71. The van der Waals surface area contributed by atoms with Crippen molar-refractivity contribution in [3.8, 4) is 23.0 Å². The first-order chi connectivity index (χ1) is 18.1. The summed E-state index contributed by atoms with van der Waals surface area (Å²) in [4.78, 5) is 14.7. The third kappa shape index (κ3) is 3.89. The maximum Gasteiger partial charge on any atom is 0.225 e. The molecule has 0 aliphatic carbocycles. The lowest BCUT2D eigenvalue weighted by molar-refractivity contribution is 0.695. The zero-order chi connectivity index (χ0) is 25.5. The molecule has 0 radical (unpaired) electrons. The molecule has 0 amide bonds. The van der Waals surface area contributed by atoms with Crippen LogP contribution in [0.15, 0.2) is 55.0 Å². The highest BCUT2D eigenvalue weighted by atomic mass is 31.0. The van der Waals surface area contributed by atoms with Crippen LogP contribution in [0.2, 0.25) is 0 Å². The number of rotatable bonds is 5. The minimum absolute atomic E-state index is 0.638. The minimum Gasteiger partial charge on any atom is -0.360 e. The molecule has 1 aliphatic rings. The number of aromatic amines is 1. The van der Waals surface area contributed by atoms with E-state index in [1.807, 2.05) is 24.7 Å². The summed E-state index contributed by atoms with van der Waals surface area (Å²) in [6.07, 6.45) is 8.22. The van der Waals surface area contributed by atoms with Gasteiger partial charge in [-0.25, -0.2) is 14.6 Å². The van der Waals surface area contributed by atoms with Crippen LogP contribution in [-0.4, -0.2) is 31.3 Å². The van der Waals surface area contributed by atoms with Crippen LogP contribution in [0.25, 0.3) is 27.8 Å². The molecule has 0 bridgehead atoms. The van der Waals surface area contributed by atoms with Gasteiger partial charge in [-0.3, -0.25) is 0 Å². The molecule has 0 saturated carbocycles. The standard InChI is InChI=1S/C29H28N7P/c1-3-18-6-5-7-19(4-2)27(18)36-28(23-9-8-20(14-30)26-22(23)10-12-31-26)24-17-35(13-11-25(24)34-36)29-32-15-21(37)16-33-29/h5-10,12,15-16,31H,3-4,11,13,17,37H2,1-2H3. The number of hydrogen-bond donors (Lipinski definition) is 1. The zero-order valence-electron chi connectivity index (χ0n) is 21.0. The van der Waals surface area contributed by atoms with Gasteiger partial charge < -0.3 is 9.88 Å². The number of nitrogens with one attached hydrogen (secondary N) is 1. The number of benzene rings is 2. The van der Waals surface area contributed by atoms with Gasteiger partial charge in [-0.1, -0.05) is 38.1 Å². The van der Waals surface area contributed by atoms with Crippen molar-refractivity contribution >= 4 is 31.4 Å². The van der Waals surface area contributed by atoms with Gasteiger partial charge in [0.05, 0.1) is 28.2 Å². The maximum atomic E-state index is 9.71. The third-order valence-corrected chi connectivity index (χ3v) is 7.55. The van der Waals surface area contributed by atoms with Crippen molar-refractivity contribution in [3.05, 3.63) is 82.9 Å². The highest BCUT2D eigenvalue weighted by Crippen LogP contribution is 2.39. The zero-order valence-corrected chi connectivity index (χ0v) is 22.1. The summed E-state index contributed by atoms with van der Waals surface area (Å²) in [5.41, 5.74) is 9.64. The number of fused-ring (bicyclic) bond motifs is 2. The normalized spacial score (nSPS) is 13.1. The van der Waals surface area contributed by atoms with Crippen LogP contribution in [0.3, 0.4) is 0 Å². The average molecular weight is 506 g/mol. The van der Waals surface area contributed by atoms with Gasteiger partial charge in [0.25, 0.3) is 0 Å². The van der Waals surface area contributed by atoms with E-state index in [0.29, 0.717) is 12.1 Å². The summed E-state index contributed by atoms with van der Waals surface area (Å²) in [6.45, 7) is 5.87. The van der Waals surface area contributed by atoms with Gasteiger partial charge >= 0.3 is 0 Å². The fourth-order valence-electron chi connectivity index (χ4n) is 5.42. The van der Waals surface area contributed by atoms with Crippen molar-refractivity contribution in [1.82, 2.24) is 24.7 Å². The fraction of sp³-hybridized carbons (Fsp3) is 0.241. The first-order valence-corrected chi connectivity index (χ1v) is 13.3. The largest absolute Gasteiger partial charge is 0.360 e. The lowest BCUT2D eigenvalue weighted by Gasteiger charge is -2.27. The Hall–Kier alpha value is -4.01. The number of hydrogen-bond acceptors (Lipinski definition) is 5. The molecule has 1 N–H and O–H groups in total. The SMILES string of the molecule is CCc1cccc(CC)c1-n1nc2c(c1-c1ccc(C#N)c3[nH]ccc13)CN(c1ncc(P)cn1)CC2. The number of aromatic nitrogens is 5. The Morgan fingerprint density at radius 3 is 2.51 bits per heavy atom. The van der Waals surface area contributed by atoms with Crippen LogP contribution in [0.4, 0.5) is 5.95 Å². The second kappa shape index (κ2) is 9.46. The molecule has 37 heavy (non-hydrogen) atoms. The molecule has 7 nitrogen and oxygen atoms in total. The number of H-pyrrole nitrogens is 1. The number of aryl methyl sites for hydroxylation is 2. The van der Waals surface area contributed by atoms with Gasteiger partial charge in [-0.2, -0.15) is 10.4 Å². The summed E-state index contributed by atoms with van der Waals surface area (Å²) in [7, 11) is 2.64. The molecule has 1 aliphatic heterocycles. The fourth-order valence-corrected chi connectivity index (χ4v) is 5.57. The van der Waals surface area contributed by atoms with Crippen LogP contribution in [0, 0.1) is 11.3 Å². The van der Waals surface area contributed by atoms with E-state index < -0.39 is 0 Å². The van der Waals surface area contributed by atoms with Gasteiger partial charge in [-0.15, -0.1) is 9.24 Å². The van der Waals surface area contributed by atoms with Crippen molar-refractivity contribution in [2.75, 3.05) is 11.4 Å². The van der Waals surface area contributed by atoms with Crippen molar-refractivity contribution in [1.29, 1.82) is 5.26 Å². The van der Waals surface area contributed by atoms with Crippen LogP contribution >= 0.6 is 9.24 Å². The van der Waals surface area contributed by atoms with Crippen molar-refractivity contribution < 1.29 is 0 Å². The highest BCUT2D eigenvalue weighted by molar-refractivity contribution is 7.27. The topological polar surface area (TPSA) is 86.4 Å². The molecule has 3 aromatic heterocycles. The number of nitrogens with zero attached hydrogens (tertiary/aromatic N) is 6. The van der Waals surface area contributed by atoms with Crippen LogP contribution in [0.1, 0.15) is 41.8 Å². The van der Waals surface area contributed by atoms with E-state index >= 15 is 0 Å². The van der Waals surface area contributed by atoms with E-state index in [2.05, 4.69) is 84.0 Å². The quantitative estimate of drug-likeness (QED) is 0.345. The van der Waals surface area contributed by atoms with Gasteiger partial charge in [0.2, 0.25) is 5.95 Å². The van der Waals surface area contributed by atoms with E-state index in [1.165, 1.54) is 22.4 Å². The second-order valence-electron chi connectivity index (χ2n) is 9.34. The molecule has 0 saturated heterocycles. The lowest BCUT2D eigenvalue weighted by atomic mass is 9.96. The Kier molecular flexibility index (Phi) is 5.98. The van der Waals surface area contributed by atoms with Crippen molar-refractivity contribution in [2.45, 2.75) is 39.7 Å². The van der Waals surface area contributed by atoms with Crippen LogP contribution < -0.4 is 10.2 Å². The molecule has 0 fully saturated rings. The summed E-state index contributed by atoms with van der Waals surface area (Å²) in [6, 6.07) is 14.9. The second-order valence-corrected chi connectivity index (χ2v) is 10.0. The highest BCUT2D eigenvalue weighted by Gasteiger charge is 2.29. The Morgan fingerprint density at radius 1 is 1.05 bits per heavy atom. The van der Waals surface area contributed by atoms with Crippen molar-refractivity contribution in [3.63, 3.8) is 0 Å². The van der Waals surface area contributed by atoms with Crippen LogP contribution in [-0.2, 0) is 25.8 Å². The molecule has 0 spiro atoms. The van der Waals surface area contributed by atoms with Crippen LogP contribution in [0.5, 0.6) is 0 Å². The summed E-state index contributed by atoms with van der Waals surface area (Å²) in [5.74, 6) is 0.727. The molecular formula is C29H28N7P. The predicted octanol–water partition coefficient (Wildman–Crippen LogP) is 4.87. The molecule has 4 heterocycles. The van der Waals surface area contributed by atoms with Gasteiger partial charge in [0.15, 0.2) is 0 Å². The van der Waals surface area contributed by atoms with E-state index in [4.69, 9.17) is 5.10 Å².